The van der Waals surface area contributed by atoms with Crippen molar-refractivity contribution in [1.29, 1.82) is 0 Å². The van der Waals surface area contributed by atoms with Crippen molar-refractivity contribution < 1.29 is 4.79 Å². The summed E-state index contributed by atoms with van der Waals surface area (Å²) in [6, 6.07) is 0.129. The minimum Gasteiger partial charge on any atom is -0.359 e. The van der Waals surface area contributed by atoms with Crippen molar-refractivity contribution in [2.24, 2.45) is 11.7 Å². The van der Waals surface area contributed by atoms with Crippen molar-refractivity contribution in [2.45, 2.75) is 38.1 Å². The van der Waals surface area contributed by atoms with Gasteiger partial charge in [0.25, 0.3) is 0 Å². The molecule has 0 aromatic rings. The lowest BCUT2D eigenvalue weighted by atomic mass is 10.1. The molecule has 0 bridgehead atoms. The van der Waals surface area contributed by atoms with Crippen LogP contribution in [0.1, 0.15) is 32.1 Å². The first-order valence-electron chi connectivity index (χ1n) is 5.90. The second kappa shape index (κ2) is 6.80. The Morgan fingerprint density at radius 3 is 2.80 bits per heavy atom. The van der Waals surface area contributed by atoms with Crippen LogP contribution in [0.3, 0.4) is 0 Å². The van der Waals surface area contributed by atoms with Gasteiger partial charge in [-0.05, 0) is 25.3 Å². The molecule has 1 aliphatic carbocycles. The molecular weight excluding hydrogens is 190 g/mol. The highest BCUT2D eigenvalue weighted by atomic mass is 16.1. The fraction of sp³-hybridized carbons (Fsp3) is 0.909. The summed E-state index contributed by atoms with van der Waals surface area (Å²) in [5.74, 6) is 1.04. The van der Waals surface area contributed by atoms with E-state index >= 15 is 0 Å². The molecule has 1 unspecified atom stereocenters. The summed E-state index contributed by atoms with van der Waals surface area (Å²) >= 11 is 0. The maximum Gasteiger partial charge on any atom is 0.221 e. The first kappa shape index (κ1) is 12.5. The first-order valence-corrected chi connectivity index (χ1v) is 5.90. The molecule has 0 spiro atoms. The molecule has 1 rings (SSSR count). The number of nitrogens with one attached hydrogen (secondary N) is 2. The fourth-order valence-corrected chi connectivity index (χ4v) is 1.67. The summed E-state index contributed by atoms with van der Waals surface area (Å²) in [6.45, 7) is 1.51. The van der Waals surface area contributed by atoms with Gasteiger partial charge >= 0.3 is 0 Å². The average Bonchev–Trinajstić information content (AvgIpc) is 3.06. The van der Waals surface area contributed by atoms with Crippen molar-refractivity contribution in [2.75, 3.05) is 20.1 Å². The minimum absolute atomic E-state index is 0.0557. The molecule has 0 heterocycles. The Morgan fingerprint density at radius 1 is 1.53 bits per heavy atom. The Morgan fingerprint density at radius 2 is 2.27 bits per heavy atom. The predicted molar refractivity (Wildman–Crippen MR) is 61.5 cm³/mol. The molecule has 0 radical (unpaired) electrons. The molecule has 0 aromatic heterocycles. The van der Waals surface area contributed by atoms with Gasteiger partial charge in [0.1, 0.15) is 0 Å². The largest absolute Gasteiger partial charge is 0.359 e. The molecule has 4 N–H and O–H groups in total. The Balaban J connectivity index is 2.01. The van der Waals surface area contributed by atoms with E-state index in [4.69, 9.17) is 5.73 Å². The molecule has 1 fully saturated rings. The summed E-state index contributed by atoms with van der Waals surface area (Å²) in [7, 11) is 1.66. The van der Waals surface area contributed by atoms with E-state index in [-0.39, 0.29) is 11.9 Å². The summed E-state index contributed by atoms with van der Waals surface area (Å²) in [6.07, 6.45) is 5.84. The summed E-state index contributed by atoms with van der Waals surface area (Å²) in [5.41, 5.74) is 5.59. The molecule has 15 heavy (non-hydrogen) atoms. The zero-order valence-electron chi connectivity index (χ0n) is 9.59. The number of hydrogen-bond donors (Lipinski definition) is 3. The quantitative estimate of drug-likeness (QED) is 0.506. The lowest BCUT2D eigenvalue weighted by Gasteiger charge is -2.15. The number of nitrogens with two attached hydrogens (primary N) is 1. The second-order valence-corrected chi connectivity index (χ2v) is 4.35. The third-order valence-corrected chi connectivity index (χ3v) is 2.91. The van der Waals surface area contributed by atoms with E-state index in [1.165, 1.54) is 25.7 Å². The standard InChI is InChI=1S/C11H23N3O/c1-13-11(15)7-10(8-12)14-6-2-3-9-4-5-9/h9-10,14H,2-8,12H2,1H3,(H,13,15). The highest BCUT2D eigenvalue weighted by molar-refractivity contribution is 5.76. The first-order chi connectivity index (χ1) is 7.26. The van der Waals surface area contributed by atoms with E-state index in [0.29, 0.717) is 13.0 Å². The molecular formula is C11H23N3O. The topological polar surface area (TPSA) is 67.2 Å². The summed E-state index contributed by atoms with van der Waals surface area (Å²) in [5, 5.41) is 5.95. The number of carbonyl (C=O) groups excluding carboxylic acids is 1. The van der Waals surface area contributed by atoms with Crippen LogP contribution in [0.15, 0.2) is 0 Å². The van der Waals surface area contributed by atoms with Gasteiger partial charge in [-0.25, -0.2) is 0 Å². The Labute approximate surface area is 92.0 Å². The Hall–Kier alpha value is -0.610. The Bertz CT molecular complexity index is 192. The van der Waals surface area contributed by atoms with Crippen molar-refractivity contribution in [3.63, 3.8) is 0 Å². The van der Waals surface area contributed by atoms with E-state index in [9.17, 15) is 4.79 Å². The van der Waals surface area contributed by atoms with Crippen LogP contribution in [0.25, 0.3) is 0 Å². The molecule has 0 saturated heterocycles. The van der Waals surface area contributed by atoms with Crippen molar-refractivity contribution in [3.05, 3.63) is 0 Å². The molecule has 4 heteroatoms. The smallest absolute Gasteiger partial charge is 0.221 e. The average molecular weight is 213 g/mol. The van der Waals surface area contributed by atoms with Crippen LogP contribution in [0.2, 0.25) is 0 Å². The molecule has 1 saturated carbocycles. The molecule has 1 amide bonds. The number of hydrogen-bond acceptors (Lipinski definition) is 3. The molecule has 0 aliphatic heterocycles. The zero-order valence-corrected chi connectivity index (χ0v) is 9.59. The molecule has 0 aromatic carbocycles. The van der Waals surface area contributed by atoms with Gasteiger partial charge in [0.2, 0.25) is 5.91 Å². The second-order valence-electron chi connectivity index (χ2n) is 4.35. The van der Waals surface area contributed by atoms with Crippen LogP contribution in [-0.4, -0.2) is 32.1 Å². The number of amides is 1. The maximum absolute atomic E-state index is 11.1. The van der Waals surface area contributed by atoms with Gasteiger partial charge in [-0.1, -0.05) is 12.8 Å². The van der Waals surface area contributed by atoms with Crippen molar-refractivity contribution in [3.8, 4) is 0 Å². The number of rotatable bonds is 8. The van der Waals surface area contributed by atoms with Gasteiger partial charge in [0.15, 0.2) is 0 Å². The van der Waals surface area contributed by atoms with Crippen LogP contribution >= 0.6 is 0 Å². The van der Waals surface area contributed by atoms with E-state index in [2.05, 4.69) is 10.6 Å². The zero-order chi connectivity index (χ0) is 11.1. The molecule has 1 atom stereocenters. The van der Waals surface area contributed by atoms with E-state index in [1.807, 2.05) is 0 Å². The van der Waals surface area contributed by atoms with Crippen molar-refractivity contribution >= 4 is 5.91 Å². The third kappa shape index (κ3) is 5.74. The van der Waals surface area contributed by atoms with E-state index in [1.54, 1.807) is 7.05 Å². The van der Waals surface area contributed by atoms with Gasteiger partial charge in [-0.15, -0.1) is 0 Å². The van der Waals surface area contributed by atoms with Crippen LogP contribution in [0, 0.1) is 5.92 Å². The minimum atomic E-state index is 0.0557. The predicted octanol–water partition coefficient (Wildman–Crippen LogP) is 0.230. The lowest BCUT2D eigenvalue weighted by molar-refractivity contribution is -0.121. The molecule has 88 valence electrons. The maximum atomic E-state index is 11.1. The molecule has 4 nitrogen and oxygen atoms in total. The lowest BCUT2D eigenvalue weighted by Crippen LogP contribution is -2.40. The highest BCUT2D eigenvalue weighted by Gasteiger charge is 2.20. The van der Waals surface area contributed by atoms with Gasteiger partial charge in [0.05, 0.1) is 0 Å². The van der Waals surface area contributed by atoms with Crippen LogP contribution in [0.5, 0.6) is 0 Å². The highest BCUT2D eigenvalue weighted by Crippen LogP contribution is 2.33. The van der Waals surface area contributed by atoms with Crippen molar-refractivity contribution in [1.82, 2.24) is 10.6 Å². The summed E-state index contributed by atoms with van der Waals surface area (Å²) in [4.78, 5) is 11.1. The monoisotopic (exact) mass is 213 g/mol. The SMILES string of the molecule is CNC(=O)CC(CN)NCCCC1CC1. The van der Waals surface area contributed by atoms with Gasteiger partial charge in [-0.3, -0.25) is 4.79 Å². The fourth-order valence-electron chi connectivity index (χ4n) is 1.67. The summed E-state index contributed by atoms with van der Waals surface area (Å²) < 4.78 is 0. The van der Waals surface area contributed by atoms with E-state index < -0.39 is 0 Å². The third-order valence-electron chi connectivity index (χ3n) is 2.91. The number of carbonyl (C=O) groups is 1. The van der Waals surface area contributed by atoms with Gasteiger partial charge in [-0.2, -0.15) is 0 Å². The van der Waals surface area contributed by atoms with Gasteiger partial charge in [0, 0.05) is 26.1 Å². The van der Waals surface area contributed by atoms with Gasteiger partial charge < -0.3 is 16.4 Å². The van der Waals surface area contributed by atoms with Crippen LogP contribution < -0.4 is 16.4 Å². The normalized spacial score (nSPS) is 17.5. The molecule has 1 aliphatic rings. The Kier molecular flexibility index (Phi) is 5.65. The van der Waals surface area contributed by atoms with E-state index in [0.717, 1.165) is 12.5 Å². The van der Waals surface area contributed by atoms with Crippen LogP contribution in [0.4, 0.5) is 0 Å². The van der Waals surface area contributed by atoms with Crippen LogP contribution in [-0.2, 0) is 4.79 Å².